The minimum atomic E-state index is -0.441. The Morgan fingerprint density at radius 1 is 1.43 bits per heavy atom. The van der Waals surface area contributed by atoms with Crippen molar-refractivity contribution in [3.8, 4) is 17.1 Å². The lowest BCUT2D eigenvalue weighted by Gasteiger charge is -2.03. The van der Waals surface area contributed by atoms with Crippen molar-refractivity contribution in [3.63, 3.8) is 0 Å². The molecule has 0 aliphatic rings. The van der Waals surface area contributed by atoms with E-state index in [-0.39, 0.29) is 0 Å². The standard InChI is InChI=1S/C9H7FN2O2/c1-13-9-7(2-6(10)3-11-9)8-4-14-5-12-8/h2-5H,1H3. The van der Waals surface area contributed by atoms with Gasteiger partial charge in [0, 0.05) is 0 Å². The molecule has 72 valence electrons. The summed E-state index contributed by atoms with van der Waals surface area (Å²) in [5, 5.41) is 0. The van der Waals surface area contributed by atoms with E-state index in [1.807, 2.05) is 0 Å². The van der Waals surface area contributed by atoms with Crippen molar-refractivity contribution in [2.75, 3.05) is 7.11 Å². The molecule has 2 rings (SSSR count). The van der Waals surface area contributed by atoms with Gasteiger partial charge in [-0.15, -0.1) is 0 Å². The number of oxazole rings is 1. The number of hydrogen-bond acceptors (Lipinski definition) is 4. The molecule has 0 aliphatic carbocycles. The van der Waals surface area contributed by atoms with Crippen LogP contribution in [0.1, 0.15) is 0 Å². The molecule has 5 heteroatoms. The highest BCUT2D eigenvalue weighted by molar-refractivity contribution is 5.63. The second-order valence-corrected chi connectivity index (χ2v) is 2.58. The summed E-state index contributed by atoms with van der Waals surface area (Å²) >= 11 is 0. The van der Waals surface area contributed by atoms with Crippen LogP contribution in [-0.2, 0) is 0 Å². The number of hydrogen-bond donors (Lipinski definition) is 0. The number of ether oxygens (including phenoxy) is 1. The Morgan fingerprint density at radius 2 is 2.29 bits per heavy atom. The van der Waals surface area contributed by atoms with Gasteiger partial charge in [-0.2, -0.15) is 0 Å². The highest BCUT2D eigenvalue weighted by Crippen LogP contribution is 2.26. The second-order valence-electron chi connectivity index (χ2n) is 2.58. The molecule has 0 atom stereocenters. The Balaban J connectivity index is 2.55. The minimum absolute atomic E-state index is 0.320. The van der Waals surface area contributed by atoms with Crippen molar-refractivity contribution >= 4 is 0 Å². The van der Waals surface area contributed by atoms with E-state index in [1.165, 1.54) is 25.8 Å². The average molecular weight is 194 g/mol. The topological polar surface area (TPSA) is 48.2 Å². The van der Waals surface area contributed by atoms with Gasteiger partial charge in [-0.1, -0.05) is 0 Å². The number of nitrogens with zero attached hydrogens (tertiary/aromatic N) is 2. The molecule has 0 unspecified atom stereocenters. The summed E-state index contributed by atoms with van der Waals surface area (Å²) in [5.41, 5.74) is 0.968. The molecule has 0 aromatic carbocycles. The maximum atomic E-state index is 12.9. The molecule has 0 spiro atoms. The molecule has 4 nitrogen and oxygen atoms in total. The maximum absolute atomic E-state index is 12.9. The molecule has 0 bridgehead atoms. The van der Waals surface area contributed by atoms with Crippen LogP contribution in [0.15, 0.2) is 29.3 Å². The predicted octanol–water partition coefficient (Wildman–Crippen LogP) is 1.88. The van der Waals surface area contributed by atoms with Crippen LogP contribution < -0.4 is 4.74 Å². The van der Waals surface area contributed by atoms with Crippen LogP contribution in [-0.4, -0.2) is 17.1 Å². The lowest BCUT2D eigenvalue weighted by molar-refractivity contribution is 0.397. The van der Waals surface area contributed by atoms with Crippen molar-refractivity contribution in [1.29, 1.82) is 0 Å². The van der Waals surface area contributed by atoms with Crippen LogP contribution in [0.25, 0.3) is 11.3 Å². The first-order valence-electron chi connectivity index (χ1n) is 3.89. The lowest BCUT2D eigenvalue weighted by Crippen LogP contribution is -1.92. The third kappa shape index (κ3) is 1.44. The van der Waals surface area contributed by atoms with Gasteiger partial charge in [0.05, 0.1) is 18.9 Å². The zero-order valence-corrected chi connectivity index (χ0v) is 7.40. The molecule has 0 N–H and O–H groups in total. The third-order valence-electron chi connectivity index (χ3n) is 1.72. The largest absolute Gasteiger partial charge is 0.481 e. The summed E-state index contributed by atoms with van der Waals surface area (Å²) < 4.78 is 22.7. The van der Waals surface area contributed by atoms with E-state index in [0.29, 0.717) is 17.1 Å². The summed E-state index contributed by atoms with van der Waals surface area (Å²) in [5.74, 6) is -0.121. The Hall–Kier alpha value is -1.91. The van der Waals surface area contributed by atoms with Crippen molar-refractivity contribution in [3.05, 3.63) is 30.7 Å². The summed E-state index contributed by atoms with van der Waals surface area (Å²) in [7, 11) is 1.46. The normalized spacial score (nSPS) is 10.1. The van der Waals surface area contributed by atoms with Crippen LogP contribution in [0.4, 0.5) is 4.39 Å². The first-order chi connectivity index (χ1) is 6.81. The third-order valence-corrected chi connectivity index (χ3v) is 1.72. The van der Waals surface area contributed by atoms with E-state index in [2.05, 4.69) is 9.97 Å². The Labute approximate surface area is 79.4 Å². The van der Waals surface area contributed by atoms with E-state index in [9.17, 15) is 4.39 Å². The number of rotatable bonds is 2. The van der Waals surface area contributed by atoms with Crippen LogP contribution >= 0.6 is 0 Å². The van der Waals surface area contributed by atoms with Gasteiger partial charge in [0.2, 0.25) is 5.88 Å². The fourth-order valence-electron chi connectivity index (χ4n) is 1.12. The number of aromatic nitrogens is 2. The fourth-order valence-corrected chi connectivity index (χ4v) is 1.12. The number of pyridine rings is 1. The summed E-state index contributed by atoms with van der Waals surface area (Å²) in [6, 6.07) is 1.30. The van der Waals surface area contributed by atoms with Gasteiger partial charge in [0.25, 0.3) is 0 Å². The average Bonchev–Trinajstić information content (AvgIpc) is 2.70. The molecular formula is C9H7FN2O2. The molecule has 2 aromatic heterocycles. The van der Waals surface area contributed by atoms with Crippen molar-refractivity contribution in [2.24, 2.45) is 0 Å². The smallest absolute Gasteiger partial charge is 0.222 e. The number of methoxy groups -OCH3 is 1. The quantitative estimate of drug-likeness (QED) is 0.732. The first kappa shape index (κ1) is 8.68. The highest BCUT2D eigenvalue weighted by atomic mass is 19.1. The molecule has 2 heterocycles. The van der Waals surface area contributed by atoms with Crippen LogP contribution in [0.3, 0.4) is 0 Å². The van der Waals surface area contributed by atoms with E-state index in [4.69, 9.17) is 9.15 Å². The minimum Gasteiger partial charge on any atom is -0.481 e. The molecule has 0 saturated carbocycles. The molecule has 0 amide bonds. The lowest BCUT2D eigenvalue weighted by atomic mass is 10.2. The molecule has 0 radical (unpaired) electrons. The van der Waals surface area contributed by atoms with E-state index in [0.717, 1.165) is 6.20 Å². The summed E-state index contributed by atoms with van der Waals surface area (Å²) in [4.78, 5) is 7.66. The van der Waals surface area contributed by atoms with Gasteiger partial charge in [-0.25, -0.2) is 14.4 Å². The van der Waals surface area contributed by atoms with E-state index >= 15 is 0 Å². The van der Waals surface area contributed by atoms with Crippen molar-refractivity contribution in [2.45, 2.75) is 0 Å². The molecule has 0 saturated heterocycles. The predicted molar refractivity (Wildman–Crippen MR) is 46.2 cm³/mol. The summed E-state index contributed by atoms with van der Waals surface area (Å²) in [6.45, 7) is 0. The molecule has 0 aliphatic heterocycles. The molecule has 14 heavy (non-hydrogen) atoms. The van der Waals surface area contributed by atoms with Crippen molar-refractivity contribution < 1.29 is 13.5 Å². The maximum Gasteiger partial charge on any atom is 0.222 e. The summed E-state index contributed by atoms with van der Waals surface area (Å²) in [6.07, 6.45) is 3.75. The number of halogens is 1. The van der Waals surface area contributed by atoms with Crippen LogP contribution in [0.5, 0.6) is 5.88 Å². The van der Waals surface area contributed by atoms with Gasteiger partial charge in [0.1, 0.15) is 17.8 Å². The van der Waals surface area contributed by atoms with Gasteiger partial charge in [-0.05, 0) is 6.07 Å². The first-order valence-corrected chi connectivity index (χ1v) is 3.89. The Kier molecular flexibility index (Phi) is 2.14. The SMILES string of the molecule is COc1ncc(F)cc1-c1cocn1. The highest BCUT2D eigenvalue weighted by Gasteiger charge is 2.10. The monoisotopic (exact) mass is 194 g/mol. The fraction of sp³-hybridized carbons (Fsp3) is 0.111. The Morgan fingerprint density at radius 3 is 2.93 bits per heavy atom. The molecule has 0 fully saturated rings. The molecular weight excluding hydrogens is 187 g/mol. The zero-order valence-electron chi connectivity index (χ0n) is 7.40. The van der Waals surface area contributed by atoms with Gasteiger partial charge in [0.15, 0.2) is 6.39 Å². The molecule has 2 aromatic rings. The van der Waals surface area contributed by atoms with E-state index < -0.39 is 5.82 Å². The van der Waals surface area contributed by atoms with Gasteiger partial charge in [-0.3, -0.25) is 0 Å². The zero-order chi connectivity index (χ0) is 9.97. The van der Waals surface area contributed by atoms with Crippen LogP contribution in [0, 0.1) is 5.82 Å². The Bertz CT molecular complexity index is 428. The van der Waals surface area contributed by atoms with Gasteiger partial charge < -0.3 is 9.15 Å². The van der Waals surface area contributed by atoms with Gasteiger partial charge >= 0.3 is 0 Å². The van der Waals surface area contributed by atoms with Crippen LogP contribution in [0.2, 0.25) is 0 Å². The second kappa shape index (κ2) is 3.45. The van der Waals surface area contributed by atoms with E-state index in [1.54, 1.807) is 0 Å². The van der Waals surface area contributed by atoms with Crippen molar-refractivity contribution in [1.82, 2.24) is 9.97 Å².